The van der Waals surface area contributed by atoms with Crippen LogP contribution in [-0.2, 0) is 10.0 Å². The van der Waals surface area contributed by atoms with E-state index in [9.17, 15) is 18.0 Å². The van der Waals surface area contributed by atoms with Gasteiger partial charge in [-0.05, 0) is 69.4 Å². The number of nitrogens with one attached hydrogen (secondary N) is 2. The van der Waals surface area contributed by atoms with Crippen LogP contribution in [0.1, 0.15) is 22.3 Å². The summed E-state index contributed by atoms with van der Waals surface area (Å²) >= 11 is 0. The molecule has 1 atom stereocenters. The second-order valence-electron chi connectivity index (χ2n) is 9.35. The number of anilines is 2. The molecule has 2 aromatic carbocycles. The van der Waals surface area contributed by atoms with E-state index >= 15 is 0 Å². The van der Waals surface area contributed by atoms with Gasteiger partial charge in [0.25, 0.3) is 5.91 Å². The lowest BCUT2D eigenvalue weighted by molar-refractivity contribution is 0.102. The lowest BCUT2D eigenvalue weighted by Gasteiger charge is -2.24. The maximum absolute atomic E-state index is 13.5. The quantitative estimate of drug-likeness (QED) is 0.542. The van der Waals surface area contributed by atoms with Gasteiger partial charge in [0.2, 0.25) is 15.6 Å². The Morgan fingerprint density at radius 3 is 2.49 bits per heavy atom. The third-order valence-electron chi connectivity index (χ3n) is 6.53. The Hall–Kier alpha value is -3.21. The number of benzene rings is 2. The van der Waals surface area contributed by atoms with Crippen molar-refractivity contribution in [1.29, 1.82) is 0 Å². The van der Waals surface area contributed by atoms with Gasteiger partial charge in [-0.15, -0.1) is 0 Å². The highest BCUT2D eigenvalue weighted by atomic mass is 32.2. The van der Waals surface area contributed by atoms with Crippen molar-refractivity contribution in [2.45, 2.75) is 24.3 Å². The van der Waals surface area contributed by atoms with Gasteiger partial charge in [0.05, 0.1) is 10.5 Å². The smallest absolute Gasteiger partial charge is 0.257 e. The number of carbonyl (C=O) groups is 1. The van der Waals surface area contributed by atoms with Gasteiger partial charge in [-0.25, -0.2) is 12.7 Å². The number of aryl methyl sites for hydroxylation is 1. The zero-order chi connectivity index (χ0) is 25.5. The molecule has 1 unspecified atom stereocenters. The van der Waals surface area contributed by atoms with Crippen LogP contribution in [0.5, 0.6) is 0 Å². The van der Waals surface area contributed by atoms with Gasteiger partial charge >= 0.3 is 0 Å². The largest absolute Gasteiger partial charge is 0.369 e. The average molecular weight is 498 g/mol. The summed E-state index contributed by atoms with van der Waals surface area (Å²) in [4.78, 5) is 32.4. The lowest BCUT2D eigenvalue weighted by atomic mass is 10.1. The molecule has 1 amide bonds. The van der Waals surface area contributed by atoms with Crippen LogP contribution < -0.4 is 15.8 Å². The normalized spacial score (nSPS) is 16.4. The summed E-state index contributed by atoms with van der Waals surface area (Å²) < 4.78 is 26.7. The van der Waals surface area contributed by atoms with E-state index in [-0.39, 0.29) is 10.5 Å². The van der Waals surface area contributed by atoms with E-state index in [1.165, 1.54) is 26.2 Å². The zero-order valence-corrected chi connectivity index (χ0v) is 21.4. The molecule has 0 bridgehead atoms. The van der Waals surface area contributed by atoms with E-state index in [1.54, 1.807) is 30.3 Å². The number of aromatic amines is 1. The number of hydrogen-bond acceptors (Lipinski definition) is 6. The number of H-pyrrole nitrogens is 1. The Morgan fingerprint density at radius 1 is 1.09 bits per heavy atom. The molecule has 3 aromatic rings. The van der Waals surface area contributed by atoms with Crippen molar-refractivity contribution in [3.63, 3.8) is 0 Å². The zero-order valence-electron chi connectivity index (χ0n) is 20.6. The lowest BCUT2D eigenvalue weighted by Crippen LogP contribution is -2.32. The molecule has 4 rings (SSSR count). The highest BCUT2D eigenvalue weighted by Gasteiger charge is 2.29. The summed E-state index contributed by atoms with van der Waals surface area (Å²) in [6.45, 7) is 3.35. The molecule has 9 nitrogen and oxygen atoms in total. The van der Waals surface area contributed by atoms with Crippen LogP contribution in [0.2, 0.25) is 0 Å². The Kier molecular flexibility index (Phi) is 6.72. The summed E-state index contributed by atoms with van der Waals surface area (Å²) in [7, 11) is 3.28. The summed E-state index contributed by atoms with van der Waals surface area (Å²) in [5.74, 6) is -0.398. The fourth-order valence-corrected chi connectivity index (χ4v) is 5.35. The Bertz CT molecular complexity index is 1450. The van der Waals surface area contributed by atoms with E-state index in [1.807, 2.05) is 21.0 Å². The Labute approximate surface area is 205 Å². The van der Waals surface area contributed by atoms with E-state index in [4.69, 9.17) is 0 Å². The number of rotatable bonds is 6. The first-order valence-corrected chi connectivity index (χ1v) is 12.8. The van der Waals surface area contributed by atoms with E-state index in [0.29, 0.717) is 28.5 Å². The predicted molar refractivity (Wildman–Crippen MR) is 139 cm³/mol. The van der Waals surface area contributed by atoms with Crippen LogP contribution in [0.4, 0.5) is 11.4 Å². The third-order valence-corrected chi connectivity index (χ3v) is 8.34. The summed E-state index contributed by atoms with van der Waals surface area (Å²) in [5, 5.41) is 3.74. The number of carbonyl (C=O) groups excluding carboxylic acids is 1. The molecule has 10 heteroatoms. The second-order valence-corrected chi connectivity index (χ2v) is 11.5. The SMILES string of the molecule is Cc1cc(=O)[nH]c2ccc(NC(=O)c3cc(S(=O)(=O)N(C)C)ccc3N3CCC(N(C)C)C3)cc12. The maximum atomic E-state index is 13.5. The fourth-order valence-electron chi connectivity index (χ4n) is 4.43. The molecule has 2 heterocycles. The summed E-state index contributed by atoms with van der Waals surface area (Å²) in [5.41, 5.74) is 2.84. The standard InChI is InChI=1S/C25H31N5O4S/c1-16-12-24(31)27-22-8-6-17(13-20(16)22)26-25(32)21-14-19(35(33,34)29(4)5)7-9-23(21)30-11-10-18(15-30)28(2)3/h6-9,12-14,18H,10-11,15H2,1-5H3,(H,26,32)(H,27,31). The first-order chi connectivity index (χ1) is 16.5. The minimum atomic E-state index is -3.72. The summed E-state index contributed by atoms with van der Waals surface area (Å²) in [6, 6.07) is 11.8. The van der Waals surface area contributed by atoms with Gasteiger partial charge in [-0.2, -0.15) is 0 Å². The molecular formula is C25H31N5O4S. The van der Waals surface area contributed by atoms with Crippen molar-refractivity contribution >= 4 is 38.2 Å². The van der Waals surface area contributed by atoms with E-state index < -0.39 is 15.9 Å². The molecule has 35 heavy (non-hydrogen) atoms. The average Bonchev–Trinajstić information content (AvgIpc) is 3.29. The molecule has 1 aromatic heterocycles. The first kappa shape index (κ1) is 24.9. The molecular weight excluding hydrogens is 466 g/mol. The molecule has 2 N–H and O–H groups in total. The minimum absolute atomic E-state index is 0.0617. The number of amides is 1. The van der Waals surface area contributed by atoms with Crippen LogP contribution in [0.15, 0.2) is 52.2 Å². The molecule has 1 fully saturated rings. The first-order valence-electron chi connectivity index (χ1n) is 11.4. The van der Waals surface area contributed by atoms with Gasteiger partial charge in [-0.1, -0.05) is 0 Å². The number of sulfonamides is 1. The van der Waals surface area contributed by atoms with Crippen LogP contribution in [0.3, 0.4) is 0 Å². The number of fused-ring (bicyclic) bond motifs is 1. The molecule has 0 saturated carbocycles. The molecule has 1 aliphatic rings. The predicted octanol–water partition coefficient (Wildman–Crippen LogP) is 2.48. The monoisotopic (exact) mass is 497 g/mol. The summed E-state index contributed by atoms with van der Waals surface area (Å²) in [6.07, 6.45) is 0.952. The number of likely N-dealkylation sites (N-methyl/N-ethyl adjacent to an activating group) is 1. The molecule has 0 radical (unpaired) electrons. The minimum Gasteiger partial charge on any atom is -0.369 e. The van der Waals surface area contributed by atoms with Gasteiger partial charge < -0.3 is 20.1 Å². The van der Waals surface area contributed by atoms with Crippen molar-refractivity contribution in [1.82, 2.24) is 14.2 Å². The highest BCUT2D eigenvalue weighted by molar-refractivity contribution is 7.89. The number of hydrogen-bond donors (Lipinski definition) is 2. The van der Waals surface area contributed by atoms with Crippen LogP contribution >= 0.6 is 0 Å². The number of pyridine rings is 1. The van der Waals surface area contributed by atoms with Crippen molar-refractivity contribution in [3.8, 4) is 0 Å². The van der Waals surface area contributed by atoms with Crippen molar-refractivity contribution in [2.24, 2.45) is 0 Å². The van der Waals surface area contributed by atoms with Crippen molar-refractivity contribution in [3.05, 3.63) is 63.9 Å². The van der Waals surface area contributed by atoms with Crippen molar-refractivity contribution in [2.75, 3.05) is 51.5 Å². The van der Waals surface area contributed by atoms with Crippen LogP contribution in [0, 0.1) is 6.92 Å². The Balaban J connectivity index is 1.73. The van der Waals surface area contributed by atoms with Crippen LogP contribution in [0.25, 0.3) is 10.9 Å². The molecule has 0 aliphatic carbocycles. The van der Waals surface area contributed by atoms with E-state index in [2.05, 4.69) is 20.1 Å². The second kappa shape index (κ2) is 9.44. The Morgan fingerprint density at radius 2 is 1.83 bits per heavy atom. The maximum Gasteiger partial charge on any atom is 0.257 e. The highest BCUT2D eigenvalue weighted by Crippen LogP contribution is 2.30. The third kappa shape index (κ3) is 4.95. The van der Waals surface area contributed by atoms with Crippen molar-refractivity contribution < 1.29 is 13.2 Å². The molecule has 1 saturated heterocycles. The van der Waals surface area contributed by atoms with Gasteiger partial charge in [0, 0.05) is 61.6 Å². The molecule has 1 aliphatic heterocycles. The van der Waals surface area contributed by atoms with Gasteiger partial charge in [0.1, 0.15) is 0 Å². The number of nitrogens with zero attached hydrogens (tertiary/aromatic N) is 3. The topological polar surface area (TPSA) is 106 Å². The fraction of sp³-hybridized carbons (Fsp3) is 0.360. The van der Waals surface area contributed by atoms with E-state index in [0.717, 1.165) is 34.8 Å². The molecule has 186 valence electrons. The van der Waals surface area contributed by atoms with Crippen LogP contribution in [-0.4, -0.2) is 75.8 Å². The molecule has 0 spiro atoms. The van der Waals surface area contributed by atoms with Gasteiger partial charge in [-0.3, -0.25) is 9.59 Å². The van der Waals surface area contributed by atoms with Gasteiger partial charge in [0.15, 0.2) is 0 Å². The number of aromatic nitrogens is 1.